The molecule has 0 bridgehead atoms. The van der Waals surface area contributed by atoms with E-state index >= 15 is 0 Å². The van der Waals surface area contributed by atoms with Crippen LogP contribution in [0.1, 0.15) is 71.6 Å². The van der Waals surface area contributed by atoms with E-state index < -0.39 is 0 Å². The van der Waals surface area contributed by atoms with Crippen LogP contribution in [0.2, 0.25) is 0 Å². The van der Waals surface area contributed by atoms with Gasteiger partial charge in [0.2, 0.25) is 0 Å². The fraction of sp³-hybridized carbons (Fsp3) is 0.864. The van der Waals surface area contributed by atoms with Crippen molar-refractivity contribution in [2.24, 2.45) is 29.1 Å². The number of fused-ring (bicyclic) bond motifs is 5. The normalized spacial score (nSPS) is 46.2. The van der Waals surface area contributed by atoms with Gasteiger partial charge in [0.1, 0.15) is 0 Å². The van der Waals surface area contributed by atoms with Gasteiger partial charge < -0.3 is 4.74 Å². The average molecular weight is 456 g/mol. The Bertz CT molecular complexity index is 570. The Balaban J connectivity index is 1.61. The third-order valence-electron chi connectivity index (χ3n) is 8.62. The van der Waals surface area contributed by atoms with Gasteiger partial charge in [-0.15, -0.1) is 0 Å². The van der Waals surface area contributed by atoms with Gasteiger partial charge in [0.25, 0.3) is 0 Å². The van der Waals surface area contributed by atoms with E-state index in [9.17, 15) is 4.79 Å². The summed E-state index contributed by atoms with van der Waals surface area (Å²) >= 11 is 2.44. The number of rotatable bonds is 4. The Morgan fingerprint density at radius 2 is 2.00 bits per heavy atom. The Morgan fingerprint density at radius 1 is 1.16 bits per heavy atom. The van der Waals surface area contributed by atoms with Gasteiger partial charge in [-0.05, 0) is 88.0 Å². The number of hydrogen-bond acceptors (Lipinski definition) is 2. The average Bonchev–Trinajstić information content (AvgIpc) is 2.93. The lowest BCUT2D eigenvalue weighted by molar-refractivity contribution is -0.150. The maximum Gasteiger partial charge on any atom is 0.155 e. The van der Waals surface area contributed by atoms with Crippen LogP contribution in [0.25, 0.3) is 0 Å². The number of halogens is 1. The highest BCUT2D eigenvalue weighted by molar-refractivity contribution is 14.1. The zero-order valence-corrected chi connectivity index (χ0v) is 18.0. The van der Waals surface area contributed by atoms with Crippen LogP contribution in [-0.2, 0) is 9.53 Å². The number of hydrogen-bond donors (Lipinski definition) is 0. The molecule has 0 aromatic heterocycles. The van der Waals surface area contributed by atoms with Crippen LogP contribution in [0.5, 0.6) is 0 Å². The molecule has 0 radical (unpaired) electrons. The number of ether oxygens (including phenoxy) is 1. The lowest BCUT2D eigenvalue weighted by Gasteiger charge is -2.57. The molecule has 0 amide bonds. The third-order valence-corrected chi connectivity index (χ3v) is 9.06. The topological polar surface area (TPSA) is 26.3 Å². The second kappa shape index (κ2) is 6.92. The molecule has 6 atom stereocenters. The first-order chi connectivity index (χ1) is 12.0. The quantitative estimate of drug-likeness (QED) is 0.399. The van der Waals surface area contributed by atoms with E-state index in [0.717, 1.165) is 41.6 Å². The molecular weight excluding hydrogens is 423 g/mol. The molecule has 0 aromatic rings. The second-order valence-electron chi connectivity index (χ2n) is 9.16. The Kier molecular flexibility index (Phi) is 5.11. The molecule has 4 aliphatic rings. The van der Waals surface area contributed by atoms with Crippen molar-refractivity contribution in [1.29, 1.82) is 0 Å². The highest BCUT2D eigenvalue weighted by atomic mass is 127. The molecule has 0 aliphatic heterocycles. The van der Waals surface area contributed by atoms with Crippen LogP contribution < -0.4 is 0 Å². The summed E-state index contributed by atoms with van der Waals surface area (Å²) in [7, 11) is 0. The molecule has 4 rings (SSSR count). The lowest BCUT2D eigenvalue weighted by Crippen LogP contribution is -2.54. The van der Waals surface area contributed by atoms with E-state index in [0.29, 0.717) is 17.1 Å². The summed E-state index contributed by atoms with van der Waals surface area (Å²) in [4.78, 5) is 11.8. The van der Waals surface area contributed by atoms with Crippen molar-refractivity contribution in [2.45, 2.75) is 77.2 Å². The molecule has 4 aliphatic carbocycles. The van der Waals surface area contributed by atoms with E-state index in [-0.39, 0.29) is 5.60 Å². The van der Waals surface area contributed by atoms with Crippen LogP contribution in [0.4, 0.5) is 0 Å². The van der Waals surface area contributed by atoms with Gasteiger partial charge in [0, 0.05) is 16.3 Å². The number of allylic oxidation sites excluding steroid dienone is 1. The molecule has 2 nitrogen and oxygen atoms in total. The minimum absolute atomic E-state index is 0.0845. The van der Waals surface area contributed by atoms with Gasteiger partial charge in [-0.2, -0.15) is 0 Å². The summed E-state index contributed by atoms with van der Waals surface area (Å²) in [6.45, 7) is 5.74. The number of alkyl halides is 1. The van der Waals surface area contributed by atoms with Crippen molar-refractivity contribution in [3.05, 3.63) is 11.6 Å². The second-order valence-corrected chi connectivity index (χ2v) is 10.2. The van der Waals surface area contributed by atoms with Crippen molar-refractivity contribution in [2.75, 3.05) is 11.0 Å². The fourth-order valence-corrected chi connectivity index (χ4v) is 7.74. The molecule has 3 heteroatoms. The molecule has 0 spiro atoms. The van der Waals surface area contributed by atoms with Gasteiger partial charge in [-0.1, -0.05) is 35.1 Å². The standard InChI is InChI=1S/C22H33IO2/c1-3-22-11-8-18-17-7-5-16(24)14-15(17)4-6-19(18)20(22)9-10-21(22,2)25-13-12-23/h14,17-20H,3-13H2,1-2H3/t17?,18?,19?,20?,21-,22?/m0/s1. The van der Waals surface area contributed by atoms with Crippen molar-refractivity contribution < 1.29 is 9.53 Å². The van der Waals surface area contributed by atoms with Crippen molar-refractivity contribution in [3.8, 4) is 0 Å². The van der Waals surface area contributed by atoms with Gasteiger partial charge in [0.05, 0.1) is 12.2 Å². The van der Waals surface area contributed by atoms with E-state index in [4.69, 9.17) is 4.74 Å². The molecular formula is C22H33IO2. The number of ketones is 1. The van der Waals surface area contributed by atoms with E-state index in [1.165, 1.54) is 50.5 Å². The van der Waals surface area contributed by atoms with E-state index in [2.05, 4.69) is 36.4 Å². The first-order valence-corrected chi connectivity index (χ1v) is 12.0. The molecule has 140 valence electrons. The number of carbonyl (C=O) groups excluding carboxylic acids is 1. The first kappa shape index (κ1) is 18.5. The molecule has 0 heterocycles. The smallest absolute Gasteiger partial charge is 0.155 e. The maximum atomic E-state index is 11.8. The van der Waals surface area contributed by atoms with E-state index in [1.807, 2.05) is 6.08 Å². The minimum Gasteiger partial charge on any atom is -0.374 e. The highest BCUT2D eigenvalue weighted by Gasteiger charge is 2.62. The van der Waals surface area contributed by atoms with Crippen LogP contribution in [0.15, 0.2) is 11.6 Å². The summed E-state index contributed by atoms with van der Waals surface area (Å²) in [6.07, 6.45) is 13.0. The van der Waals surface area contributed by atoms with Gasteiger partial charge >= 0.3 is 0 Å². The molecule has 0 saturated heterocycles. The molecule has 0 aromatic carbocycles. The Hall–Kier alpha value is 0.1000. The fourth-order valence-electron chi connectivity index (χ4n) is 7.52. The summed E-state index contributed by atoms with van der Waals surface area (Å²) < 4.78 is 7.63. The number of carbonyl (C=O) groups is 1. The van der Waals surface area contributed by atoms with Crippen LogP contribution in [0, 0.1) is 29.1 Å². The molecule has 25 heavy (non-hydrogen) atoms. The van der Waals surface area contributed by atoms with Crippen LogP contribution >= 0.6 is 22.6 Å². The molecule has 5 unspecified atom stereocenters. The molecule has 3 saturated carbocycles. The van der Waals surface area contributed by atoms with Crippen LogP contribution in [0.3, 0.4) is 0 Å². The van der Waals surface area contributed by atoms with Crippen LogP contribution in [-0.4, -0.2) is 22.4 Å². The van der Waals surface area contributed by atoms with E-state index in [1.54, 1.807) is 0 Å². The Morgan fingerprint density at radius 3 is 2.76 bits per heavy atom. The minimum atomic E-state index is 0.0845. The predicted octanol–water partition coefficient (Wildman–Crippen LogP) is 5.73. The monoisotopic (exact) mass is 456 g/mol. The van der Waals surface area contributed by atoms with Gasteiger partial charge in [-0.3, -0.25) is 4.79 Å². The lowest BCUT2D eigenvalue weighted by atomic mass is 9.49. The maximum absolute atomic E-state index is 11.8. The van der Waals surface area contributed by atoms with Gasteiger partial charge in [-0.25, -0.2) is 0 Å². The molecule has 3 fully saturated rings. The van der Waals surface area contributed by atoms with Crippen molar-refractivity contribution in [3.63, 3.8) is 0 Å². The molecule has 0 N–H and O–H groups in total. The van der Waals surface area contributed by atoms with Gasteiger partial charge in [0.15, 0.2) is 5.78 Å². The predicted molar refractivity (Wildman–Crippen MR) is 110 cm³/mol. The zero-order valence-electron chi connectivity index (χ0n) is 15.9. The highest BCUT2D eigenvalue weighted by Crippen LogP contribution is 2.67. The summed E-state index contributed by atoms with van der Waals surface area (Å²) in [6, 6.07) is 0. The largest absolute Gasteiger partial charge is 0.374 e. The first-order valence-electron chi connectivity index (χ1n) is 10.5. The SMILES string of the molecule is CCC12CCC3C4CCC(=O)C=C4CCC3C1CC[C@]2(C)OCCI. The summed E-state index contributed by atoms with van der Waals surface area (Å²) in [5.74, 6) is 3.64. The summed E-state index contributed by atoms with van der Waals surface area (Å²) in [5.41, 5.74) is 1.98. The summed E-state index contributed by atoms with van der Waals surface area (Å²) in [5, 5.41) is 0. The Labute approximate surface area is 166 Å². The third kappa shape index (κ3) is 2.78. The zero-order chi connectivity index (χ0) is 17.7. The van der Waals surface area contributed by atoms with Crippen molar-refractivity contribution >= 4 is 28.4 Å². The van der Waals surface area contributed by atoms with Crippen molar-refractivity contribution in [1.82, 2.24) is 0 Å².